The summed E-state index contributed by atoms with van der Waals surface area (Å²) in [5.41, 5.74) is 3.49. The monoisotopic (exact) mass is 334 g/mol. The minimum Gasteiger partial charge on any atom is -0.328 e. The number of carbonyl (C=O) groups excluding carboxylic acids is 1. The van der Waals surface area contributed by atoms with Crippen molar-refractivity contribution >= 4 is 16.8 Å². The molecule has 25 heavy (non-hydrogen) atoms. The number of aromatic amines is 1. The van der Waals surface area contributed by atoms with Gasteiger partial charge in [0.25, 0.3) is 11.5 Å². The molecule has 0 saturated heterocycles. The molecular weight excluding hydrogens is 316 g/mol. The van der Waals surface area contributed by atoms with Crippen LogP contribution in [0, 0.1) is 6.92 Å². The number of rotatable bonds is 2. The van der Waals surface area contributed by atoms with Crippen LogP contribution in [0.5, 0.6) is 0 Å². The van der Waals surface area contributed by atoms with Crippen LogP contribution < -0.4 is 5.56 Å². The molecule has 3 heterocycles. The van der Waals surface area contributed by atoms with Crippen molar-refractivity contribution in [2.75, 3.05) is 0 Å². The molecule has 0 radical (unpaired) electrons. The fraction of sp³-hybridized carbons (Fsp3) is 0.263. The van der Waals surface area contributed by atoms with E-state index in [2.05, 4.69) is 15.0 Å². The molecule has 1 amide bonds. The highest BCUT2D eigenvalue weighted by Gasteiger charge is 2.29. The van der Waals surface area contributed by atoms with Crippen LogP contribution >= 0.6 is 0 Å². The van der Waals surface area contributed by atoms with Crippen LogP contribution in [-0.4, -0.2) is 25.8 Å². The maximum absolute atomic E-state index is 13.3. The first-order valence-corrected chi connectivity index (χ1v) is 8.33. The van der Waals surface area contributed by atoms with Crippen molar-refractivity contribution < 1.29 is 4.79 Å². The molecule has 0 atom stereocenters. The molecule has 2 aromatic heterocycles. The van der Waals surface area contributed by atoms with Crippen molar-refractivity contribution in [2.45, 2.75) is 33.4 Å². The summed E-state index contributed by atoms with van der Waals surface area (Å²) in [6, 6.07) is 7.65. The lowest BCUT2D eigenvalue weighted by Crippen LogP contribution is -2.27. The molecule has 0 spiro atoms. The smallest absolute Gasteiger partial charge is 0.256 e. The predicted molar refractivity (Wildman–Crippen MR) is 94.3 cm³/mol. The van der Waals surface area contributed by atoms with Crippen molar-refractivity contribution in [3.63, 3.8) is 0 Å². The lowest BCUT2D eigenvalue weighted by atomic mass is 10.0. The molecule has 0 unspecified atom stereocenters. The van der Waals surface area contributed by atoms with Gasteiger partial charge in [0.2, 0.25) is 0 Å². The molecule has 0 fully saturated rings. The van der Waals surface area contributed by atoms with Crippen molar-refractivity contribution in [3.05, 3.63) is 69.0 Å². The van der Waals surface area contributed by atoms with Crippen molar-refractivity contribution in [1.29, 1.82) is 0 Å². The molecule has 1 aliphatic rings. The summed E-state index contributed by atoms with van der Waals surface area (Å²) in [5, 5.41) is 0.848. The third-order valence-corrected chi connectivity index (χ3v) is 4.65. The van der Waals surface area contributed by atoms with Crippen LogP contribution in [-0.2, 0) is 19.5 Å². The van der Waals surface area contributed by atoms with E-state index in [0.717, 1.165) is 22.9 Å². The molecule has 0 bridgehead atoms. The summed E-state index contributed by atoms with van der Waals surface area (Å²) in [6.07, 6.45) is 2.49. The zero-order valence-electron chi connectivity index (χ0n) is 14.2. The van der Waals surface area contributed by atoms with Crippen LogP contribution in [0.2, 0.25) is 0 Å². The number of aromatic nitrogens is 3. The van der Waals surface area contributed by atoms with Gasteiger partial charge in [-0.25, -0.2) is 4.98 Å². The average Bonchev–Trinajstić information content (AvgIpc) is 3.04. The summed E-state index contributed by atoms with van der Waals surface area (Å²) in [4.78, 5) is 38.6. The van der Waals surface area contributed by atoms with E-state index in [1.807, 2.05) is 31.2 Å². The van der Waals surface area contributed by atoms with Gasteiger partial charge in [-0.3, -0.25) is 14.6 Å². The van der Waals surface area contributed by atoms with Crippen molar-refractivity contribution in [3.8, 4) is 0 Å². The Bertz CT molecular complexity index is 1050. The van der Waals surface area contributed by atoms with Gasteiger partial charge in [0.1, 0.15) is 5.82 Å². The Morgan fingerprint density at radius 2 is 2.08 bits per heavy atom. The van der Waals surface area contributed by atoms with Crippen molar-refractivity contribution in [2.24, 2.45) is 0 Å². The molecule has 6 nitrogen and oxygen atoms in total. The van der Waals surface area contributed by atoms with Gasteiger partial charge < -0.3 is 9.88 Å². The summed E-state index contributed by atoms with van der Waals surface area (Å²) in [5.74, 6) is 0.493. The van der Waals surface area contributed by atoms with Crippen molar-refractivity contribution in [1.82, 2.24) is 19.9 Å². The van der Waals surface area contributed by atoms with Crippen LogP contribution in [0.25, 0.3) is 10.9 Å². The number of carbonyl (C=O) groups is 1. The Labute approximate surface area is 144 Å². The van der Waals surface area contributed by atoms with E-state index in [1.165, 1.54) is 0 Å². The largest absolute Gasteiger partial charge is 0.328 e. The van der Waals surface area contributed by atoms with E-state index in [-0.39, 0.29) is 18.0 Å². The number of aryl methyl sites for hydroxylation is 2. The Hall–Kier alpha value is -3.02. The summed E-state index contributed by atoms with van der Waals surface area (Å²) in [6.45, 7) is 4.41. The number of hydrogen-bond acceptors (Lipinski definition) is 4. The topological polar surface area (TPSA) is 79.0 Å². The molecule has 6 heteroatoms. The first-order valence-electron chi connectivity index (χ1n) is 8.33. The number of para-hydroxylation sites is 1. The number of H-pyrrole nitrogens is 1. The number of hydrogen-bond donors (Lipinski definition) is 1. The third-order valence-electron chi connectivity index (χ3n) is 4.65. The maximum Gasteiger partial charge on any atom is 0.256 e. The van der Waals surface area contributed by atoms with Gasteiger partial charge in [0.15, 0.2) is 0 Å². The standard InChI is InChI=1S/C19H18N4O2/c1-3-12-8-20-15-7-5-4-6-13(15)17(12)19(25)23-9-14-16(10-23)21-11(2)22-18(14)24/h4-8H,3,9-10H2,1-2H3,(H,21,22,24). The fourth-order valence-electron chi connectivity index (χ4n) is 3.40. The average molecular weight is 334 g/mol. The highest BCUT2D eigenvalue weighted by Crippen LogP contribution is 2.26. The second kappa shape index (κ2) is 5.81. The lowest BCUT2D eigenvalue weighted by molar-refractivity contribution is 0.0751. The van der Waals surface area contributed by atoms with E-state index in [4.69, 9.17) is 0 Å². The molecule has 1 N–H and O–H groups in total. The Morgan fingerprint density at radius 3 is 2.88 bits per heavy atom. The first-order chi connectivity index (χ1) is 12.1. The second-order valence-electron chi connectivity index (χ2n) is 6.27. The minimum absolute atomic E-state index is 0.0782. The van der Waals surface area contributed by atoms with E-state index in [9.17, 15) is 9.59 Å². The zero-order valence-corrected chi connectivity index (χ0v) is 14.2. The molecule has 3 aromatic rings. The minimum atomic E-state index is -0.159. The van der Waals surface area contributed by atoms with Crippen LogP contribution in [0.3, 0.4) is 0 Å². The highest BCUT2D eigenvalue weighted by molar-refractivity contribution is 6.07. The Kier molecular flexibility index (Phi) is 3.60. The SMILES string of the molecule is CCc1cnc2ccccc2c1C(=O)N1Cc2nc(C)[nH]c(=O)c2C1. The molecule has 0 saturated carbocycles. The third kappa shape index (κ3) is 2.50. The first kappa shape index (κ1) is 15.5. The number of pyridine rings is 1. The van der Waals surface area contributed by atoms with E-state index in [0.29, 0.717) is 29.2 Å². The van der Waals surface area contributed by atoms with E-state index >= 15 is 0 Å². The van der Waals surface area contributed by atoms with Gasteiger partial charge in [-0.2, -0.15) is 0 Å². The maximum atomic E-state index is 13.3. The molecule has 126 valence electrons. The summed E-state index contributed by atoms with van der Waals surface area (Å²) < 4.78 is 0. The van der Waals surface area contributed by atoms with Crippen LogP contribution in [0.4, 0.5) is 0 Å². The summed E-state index contributed by atoms with van der Waals surface area (Å²) >= 11 is 0. The van der Waals surface area contributed by atoms with Crippen LogP contribution in [0.1, 0.15) is 39.9 Å². The number of nitrogens with one attached hydrogen (secondary N) is 1. The quantitative estimate of drug-likeness (QED) is 0.780. The number of benzene rings is 1. The molecule has 0 aliphatic carbocycles. The van der Waals surface area contributed by atoms with Gasteiger partial charge in [-0.05, 0) is 25.0 Å². The number of nitrogens with zero attached hydrogens (tertiary/aromatic N) is 3. The number of fused-ring (bicyclic) bond motifs is 2. The lowest BCUT2D eigenvalue weighted by Gasteiger charge is -2.18. The Morgan fingerprint density at radius 1 is 1.28 bits per heavy atom. The predicted octanol–water partition coefficient (Wildman–Crippen LogP) is 2.34. The normalized spacial score (nSPS) is 13.3. The van der Waals surface area contributed by atoms with Gasteiger partial charge in [-0.1, -0.05) is 25.1 Å². The van der Waals surface area contributed by atoms with Gasteiger partial charge in [0, 0.05) is 11.6 Å². The molecule has 1 aliphatic heterocycles. The van der Waals surface area contributed by atoms with Crippen LogP contribution in [0.15, 0.2) is 35.3 Å². The van der Waals surface area contributed by atoms with Gasteiger partial charge in [-0.15, -0.1) is 0 Å². The molecule has 1 aromatic carbocycles. The second-order valence-corrected chi connectivity index (χ2v) is 6.27. The summed E-state index contributed by atoms with van der Waals surface area (Å²) in [7, 11) is 0. The molecular formula is C19H18N4O2. The van der Waals surface area contributed by atoms with E-state index < -0.39 is 0 Å². The van der Waals surface area contributed by atoms with Gasteiger partial charge >= 0.3 is 0 Å². The number of amides is 1. The highest BCUT2D eigenvalue weighted by atomic mass is 16.2. The van der Waals surface area contributed by atoms with Gasteiger partial charge in [0.05, 0.1) is 35.4 Å². The zero-order chi connectivity index (χ0) is 17.6. The van der Waals surface area contributed by atoms with E-state index in [1.54, 1.807) is 18.0 Å². The Balaban J connectivity index is 1.79. The molecule has 4 rings (SSSR count). The fourth-order valence-corrected chi connectivity index (χ4v) is 3.40.